The molecule has 0 spiro atoms. The Morgan fingerprint density at radius 3 is 2.29 bits per heavy atom. The lowest BCUT2D eigenvalue weighted by atomic mass is 9.93. The molecule has 178 valence electrons. The molecule has 0 bridgehead atoms. The van der Waals surface area contributed by atoms with Crippen LogP contribution >= 0.6 is 0 Å². The van der Waals surface area contributed by atoms with E-state index in [0.717, 1.165) is 41.0 Å². The molecule has 4 N–H and O–H groups in total. The summed E-state index contributed by atoms with van der Waals surface area (Å²) in [5.41, 5.74) is 12.8. The minimum Gasteiger partial charge on any atom is -0.399 e. The number of nitrogens with two attached hydrogens (primary N) is 2. The van der Waals surface area contributed by atoms with E-state index >= 15 is 0 Å². The zero-order chi connectivity index (χ0) is 24.5. The standard InChI is InChI=1S/C26H29N3O4S/c1-17-14-20(25(30)15-19-3-8-26(18(2)13-19)34(28,31)32)4-6-22(17)23-7-5-21(27)16-24(23)29-9-11-33-12-10-29/h3-8,13-14,16H,9-12,15,27H2,1-2H3,(H2,28,31,32). The van der Waals surface area contributed by atoms with Gasteiger partial charge in [0.25, 0.3) is 0 Å². The Bertz CT molecular complexity index is 1350. The van der Waals surface area contributed by atoms with E-state index in [1.165, 1.54) is 6.07 Å². The maximum atomic E-state index is 13.0. The number of carbonyl (C=O) groups is 1. The average molecular weight is 480 g/mol. The van der Waals surface area contributed by atoms with Gasteiger partial charge in [-0.15, -0.1) is 0 Å². The Balaban J connectivity index is 1.60. The SMILES string of the molecule is Cc1cc(C(=O)Cc2ccc(S(N)(=O)=O)c(C)c2)ccc1-c1ccc(N)cc1N1CCOCC1. The highest BCUT2D eigenvalue weighted by atomic mass is 32.2. The van der Waals surface area contributed by atoms with E-state index < -0.39 is 10.0 Å². The first-order valence-corrected chi connectivity index (χ1v) is 12.7. The van der Waals surface area contributed by atoms with Crippen LogP contribution in [0.5, 0.6) is 0 Å². The van der Waals surface area contributed by atoms with Gasteiger partial charge in [-0.2, -0.15) is 0 Å². The van der Waals surface area contributed by atoms with Gasteiger partial charge >= 0.3 is 0 Å². The van der Waals surface area contributed by atoms with Gasteiger partial charge in [0.15, 0.2) is 5.78 Å². The molecule has 1 aliphatic heterocycles. The van der Waals surface area contributed by atoms with E-state index in [1.54, 1.807) is 19.1 Å². The van der Waals surface area contributed by atoms with Gasteiger partial charge in [-0.25, -0.2) is 13.6 Å². The van der Waals surface area contributed by atoms with Gasteiger partial charge in [0.05, 0.1) is 18.1 Å². The van der Waals surface area contributed by atoms with Crippen molar-refractivity contribution in [3.05, 3.63) is 76.9 Å². The average Bonchev–Trinajstić information content (AvgIpc) is 2.79. The van der Waals surface area contributed by atoms with E-state index in [0.29, 0.717) is 30.0 Å². The Kier molecular flexibility index (Phi) is 6.74. The largest absolute Gasteiger partial charge is 0.399 e. The zero-order valence-electron chi connectivity index (χ0n) is 19.4. The summed E-state index contributed by atoms with van der Waals surface area (Å²) in [5, 5.41) is 5.23. The van der Waals surface area contributed by atoms with Crippen LogP contribution in [-0.4, -0.2) is 40.5 Å². The highest BCUT2D eigenvalue weighted by Crippen LogP contribution is 2.35. The summed E-state index contributed by atoms with van der Waals surface area (Å²) in [6, 6.07) is 16.4. The second-order valence-corrected chi connectivity index (χ2v) is 10.2. The highest BCUT2D eigenvalue weighted by molar-refractivity contribution is 7.89. The minimum absolute atomic E-state index is 0.0388. The molecule has 0 atom stereocenters. The third kappa shape index (κ3) is 5.14. The van der Waals surface area contributed by atoms with Crippen LogP contribution in [0.25, 0.3) is 11.1 Å². The summed E-state index contributed by atoms with van der Waals surface area (Å²) >= 11 is 0. The number of Topliss-reactive ketones (excluding diaryl/α,β-unsaturated/α-hetero) is 1. The molecule has 0 amide bonds. The number of hydrogen-bond acceptors (Lipinski definition) is 6. The Morgan fingerprint density at radius 2 is 1.65 bits per heavy atom. The molecule has 4 rings (SSSR count). The van der Waals surface area contributed by atoms with Gasteiger partial charge in [-0.1, -0.05) is 30.3 Å². The Labute approximate surface area is 200 Å². The monoisotopic (exact) mass is 479 g/mol. The maximum absolute atomic E-state index is 13.0. The van der Waals surface area contributed by atoms with E-state index in [2.05, 4.69) is 4.90 Å². The normalized spacial score (nSPS) is 14.3. The molecule has 0 radical (unpaired) electrons. The number of aryl methyl sites for hydroxylation is 2. The summed E-state index contributed by atoms with van der Waals surface area (Å²) in [5.74, 6) is -0.0388. The predicted molar refractivity (Wildman–Crippen MR) is 135 cm³/mol. The molecule has 1 fully saturated rings. The Hall–Kier alpha value is -3.20. The van der Waals surface area contributed by atoms with Gasteiger partial charge in [-0.05, 0) is 60.4 Å². The fraction of sp³-hybridized carbons (Fsp3) is 0.269. The fourth-order valence-corrected chi connectivity index (χ4v) is 5.18. The zero-order valence-corrected chi connectivity index (χ0v) is 20.2. The molecule has 1 aliphatic rings. The quantitative estimate of drug-likeness (QED) is 0.413. The highest BCUT2D eigenvalue weighted by Gasteiger charge is 2.18. The number of nitrogens with zero attached hydrogens (tertiary/aromatic N) is 1. The van der Waals surface area contributed by atoms with Crippen molar-refractivity contribution in [2.75, 3.05) is 36.9 Å². The van der Waals surface area contributed by atoms with Crippen LogP contribution < -0.4 is 15.8 Å². The molecule has 1 heterocycles. The molecule has 0 aliphatic carbocycles. The summed E-state index contributed by atoms with van der Waals surface area (Å²) < 4.78 is 28.8. The number of ketones is 1. The second kappa shape index (κ2) is 9.58. The third-order valence-electron chi connectivity index (χ3n) is 6.12. The van der Waals surface area contributed by atoms with Crippen molar-refractivity contribution in [1.82, 2.24) is 0 Å². The number of morpholine rings is 1. The lowest BCUT2D eigenvalue weighted by molar-refractivity contribution is 0.0993. The molecular formula is C26H29N3O4S. The van der Waals surface area contributed by atoms with E-state index in [1.807, 2.05) is 43.3 Å². The van der Waals surface area contributed by atoms with Crippen LogP contribution in [0.1, 0.15) is 27.0 Å². The van der Waals surface area contributed by atoms with Gasteiger partial charge < -0.3 is 15.4 Å². The van der Waals surface area contributed by atoms with Crippen molar-refractivity contribution in [3.63, 3.8) is 0 Å². The van der Waals surface area contributed by atoms with Gasteiger partial charge in [0.1, 0.15) is 0 Å². The summed E-state index contributed by atoms with van der Waals surface area (Å²) in [6.45, 7) is 6.63. The van der Waals surface area contributed by atoms with E-state index in [-0.39, 0.29) is 17.1 Å². The van der Waals surface area contributed by atoms with Crippen molar-refractivity contribution in [2.45, 2.75) is 25.2 Å². The number of anilines is 2. The van der Waals surface area contributed by atoms with Crippen LogP contribution in [0, 0.1) is 13.8 Å². The minimum atomic E-state index is -3.79. The number of benzene rings is 3. The first kappa shape index (κ1) is 23.9. The first-order valence-electron chi connectivity index (χ1n) is 11.1. The van der Waals surface area contributed by atoms with Crippen LogP contribution in [0.3, 0.4) is 0 Å². The van der Waals surface area contributed by atoms with E-state index in [9.17, 15) is 13.2 Å². The van der Waals surface area contributed by atoms with Crippen molar-refractivity contribution in [1.29, 1.82) is 0 Å². The molecular weight excluding hydrogens is 450 g/mol. The second-order valence-electron chi connectivity index (χ2n) is 8.65. The number of rotatable bonds is 6. The summed E-state index contributed by atoms with van der Waals surface area (Å²) in [7, 11) is -3.79. The lowest BCUT2D eigenvalue weighted by Gasteiger charge is -2.31. The molecule has 3 aromatic carbocycles. The van der Waals surface area contributed by atoms with Crippen molar-refractivity contribution >= 4 is 27.2 Å². The number of ether oxygens (including phenoxy) is 1. The maximum Gasteiger partial charge on any atom is 0.238 e. The molecule has 0 saturated carbocycles. The number of sulfonamides is 1. The van der Waals surface area contributed by atoms with Crippen molar-refractivity contribution in [3.8, 4) is 11.1 Å². The molecule has 0 aromatic heterocycles. The van der Waals surface area contributed by atoms with Crippen LogP contribution in [0.4, 0.5) is 11.4 Å². The Morgan fingerprint density at radius 1 is 0.941 bits per heavy atom. The van der Waals surface area contributed by atoms with Gasteiger partial charge in [0, 0.05) is 42.0 Å². The fourth-order valence-electron chi connectivity index (χ4n) is 4.41. The number of nitrogen functional groups attached to an aromatic ring is 1. The van der Waals surface area contributed by atoms with Crippen molar-refractivity contribution in [2.24, 2.45) is 5.14 Å². The molecule has 1 saturated heterocycles. The van der Waals surface area contributed by atoms with Crippen LogP contribution in [0.2, 0.25) is 0 Å². The summed E-state index contributed by atoms with van der Waals surface area (Å²) in [4.78, 5) is 15.3. The van der Waals surface area contributed by atoms with Crippen LogP contribution in [0.15, 0.2) is 59.5 Å². The smallest absolute Gasteiger partial charge is 0.238 e. The molecule has 3 aromatic rings. The number of hydrogen-bond donors (Lipinski definition) is 2. The topological polar surface area (TPSA) is 116 Å². The summed E-state index contributed by atoms with van der Waals surface area (Å²) in [6.07, 6.45) is 0.172. The van der Waals surface area contributed by atoms with Gasteiger partial charge in [-0.3, -0.25) is 4.79 Å². The number of carbonyl (C=O) groups excluding carboxylic acids is 1. The third-order valence-corrected chi connectivity index (χ3v) is 7.19. The number of primary sulfonamides is 1. The molecule has 34 heavy (non-hydrogen) atoms. The van der Waals surface area contributed by atoms with Crippen LogP contribution in [-0.2, 0) is 21.2 Å². The molecule has 7 nitrogen and oxygen atoms in total. The predicted octanol–water partition coefficient (Wildman–Crippen LogP) is 3.46. The first-order chi connectivity index (χ1) is 16.1. The molecule has 8 heteroatoms. The van der Waals surface area contributed by atoms with Crippen molar-refractivity contribution < 1.29 is 17.9 Å². The lowest BCUT2D eigenvalue weighted by Crippen LogP contribution is -2.36. The molecule has 0 unspecified atom stereocenters. The van der Waals surface area contributed by atoms with Gasteiger partial charge in [0.2, 0.25) is 10.0 Å². The van der Waals surface area contributed by atoms with E-state index in [4.69, 9.17) is 15.6 Å².